The lowest BCUT2D eigenvalue weighted by molar-refractivity contribution is -0.0141. The highest BCUT2D eigenvalue weighted by Gasteiger charge is 2.34. The molecule has 1 N–H and O–H groups in total. The Kier molecular flexibility index (Phi) is 5.26. The van der Waals surface area contributed by atoms with Gasteiger partial charge in [0.15, 0.2) is 0 Å². The molecule has 1 atom stereocenters. The van der Waals surface area contributed by atoms with Gasteiger partial charge in [0, 0.05) is 38.3 Å². The number of hydrogen-bond donors (Lipinski definition) is 1. The van der Waals surface area contributed by atoms with Gasteiger partial charge in [-0.3, -0.25) is 0 Å². The van der Waals surface area contributed by atoms with E-state index < -0.39 is 0 Å². The van der Waals surface area contributed by atoms with Crippen molar-refractivity contribution < 1.29 is 9.47 Å². The third-order valence-corrected chi connectivity index (χ3v) is 4.05. The van der Waals surface area contributed by atoms with Gasteiger partial charge in [0.25, 0.3) is 0 Å². The summed E-state index contributed by atoms with van der Waals surface area (Å²) in [6, 6.07) is 0.813. The van der Waals surface area contributed by atoms with Crippen LogP contribution >= 0.6 is 0 Å². The highest BCUT2D eigenvalue weighted by atomic mass is 16.5. The second-order valence-electron chi connectivity index (χ2n) is 5.76. The quantitative estimate of drug-likeness (QED) is 0.662. The fraction of sp³-hybridized carbons (Fsp3) is 1.00. The molecule has 3 heteroatoms. The fourth-order valence-electron chi connectivity index (χ4n) is 2.73. The Hall–Kier alpha value is -0.120. The molecule has 17 heavy (non-hydrogen) atoms. The predicted molar refractivity (Wildman–Crippen MR) is 69.2 cm³/mol. The van der Waals surface area contributed by atoms with E-state index in [4.69, 9.17) is 9.47 Å². The largest absolute Gasteiger partial charge is 0.385 e. The zero-order valence-corrected chi connectivity index (χ0v) is 11.2. The zero-order valence-electron chi connectivity index (χ0n) is 11.2. The molecule has 1 saturated heterocycles. The molecule has 0 aromatic carbocycles. The highest BCUT2D eigenvalue weighted by Crippen LogP contribution is 2.34. The Morgan fingerprint density at radius 2 is 2.24 bits per heavy atom. The third-order valence-electron chi connectivity index (χ3n) is 4.05. The van der Waals surface area contributed by atoms with E-state index in [2.05, 4.69) is 5.32 Å². The Balaban J connectivity index is 1.73. The van der Waals surface area contributed by atoms with Crippen molar-refractivity contribution in [2.45, 2.75) is 51.0 Å². The van der Waals surface area contributed by atoms with E-state index in [0.717, 1.165) is 32.4 Å². The minimum absolute atomic E-state index is 0.411. The van der Waals surface area contributed by atoms with Crippen molar-refractivity contribution in [3.8, 4) is 0 Å². The van der Waals surface area contributed by atoms with Crippen molar-refractivity contribution >= 4 is 0 Å². The molecule has 100 valence electrons. The van der Waals surface area contributed by atoms with Gasteiger partial charge in [-0.25, -0.2) is 0 Å². The van der Waals surface area contributed by atoms with Gasteiger partial charge in [0.1, 0.15) is 0 Å². The first kappa shape index (κ1) is 13.3. The van der Waals surface area contributed by atoms with Gasteiger partial charge < -0.3 is 14.8 Å². The van der Waals surface area contributed by atoms with Gasteiger partial charge in [0.05, 0.1) is 6.61 Å². The molecular formula is C14H27NO2. The first-order chi connectivity index (χ1) is 8.35. The van der Waals surface area contributed by atoms with Gasteiger partial charge in [-0.2, -0.15) is 0 Å². The van der Waals surface area contributed by atoms with Crippen molar-refractivity contribution in [2.24, 2.45) is 5.41 Å². The number of hydrogen-bond acceptors (Lipinski definition) is 3. The molecule has 0 aromatic rings. The molecule has 1 unspecified atom stereocenters. The molecule has 1 aliphatic carbocycles. The molecule has 0 bridgehead atoms. The van der Waals surface area contributed by atoms with E-state index >= 15 is 0 Å². The monoisotopic (exact) mass is 241 g/mol. The number of nitrogens with one attached hydrogen (secondary N) is 1. The van der Waals surface area contributed by atoms with Crippen LogP contribution in [0.3, 0.4) is 0 Å². The Morgan fingerprint density at radius 1 is 1.35 bits per heavy atom. The number of ether oxygens (including phenoxy) is 2. The maximum absolute atomic E-state index is 5.72. The van der Waals surface area contributed by atoms with Gasteiger partial charge in [-0.05, 0) is 38.5 Å². The first-order valence-corrected chi connectivity index (χ1v) is 7.15. The van der Waals surface area contributed by atoms with Crippen LogP contribution in [-0.2, 0) is 9.47 Å². The highest BCUT2D eigenvalue weighted by molar-refractivity contribution is 4.89. The van der Waals surface area contributed by atoms with Gasteiger partial charge in [-0.1, -0.05) is 6.42 Å². The summed E-state index contributed by atoms with van der Waals surface area (Å²) in [6.07, 6.45) is 9.05. The maximum atomic E-state index is 5.72. The topological polar surface area (TPSA) is 30.5 Å². The minimum Gasteiger partial charge on any atom is -0.385 e. The normalized spacial score (nSPS) is 29.5. The van der Waals surface area contributed by atoms with E-state index in [0.29, 0.717) is 5.41 Å². The zero-order chi connectivity index (χ0) is 12.0. The summed E-state index contributed by atoms with van der Waals surface area (Å²) in [5, 5.41) is 3.70. The van der Waals surface area contributed by atoms with Gasteiger partial charge in [0.2, 0.25) is 0 Å². The van der Waals surface area contributed by atoms with Crippen LogP contribution in [0.25, 0.3) is 0 Å². The standard InChI is InChI=1S/C14H27NO2/c1-16-9-3-2-7-14(8-4-10-17-12-14)11-15-13-5-6-13/h13,15H,2-12H2,1H3. The van der Waals surface area contributed by atoms with E-state index in [9.17, 15) is 0 Å². The molecule has 2 aliphatic rings. The van der Waals surface area contributed by atoms with Gasteiger partial charge >= 0.3 is 0 Å². The second kappa shape index (κ2) is 6.72. The van der Waals surface area contributed by atoms with Crippen LogP contribution < -0.4 is 5.32 Å². The van der Waals surface area contributed by atoms with Crippen LogP contribution in [-0.4, -0.2) is 39.5 Å². The molecule has 1 aliphatic heterocycles. The first-order valence-electron chi connectivity index (χ1n) is 7.15. The summed E-state index contributed by atoms with van der Waals surface area (Å²) in [5.74, 6) is 0. The Bertz CT molecular complexity index is 210. The maximum Gasteiger partial charge on any atom is 0.0534 e. The van der Waals surface area contributed by atoms with E-state index in [1.165, 1.54) is 44.9 Å². The van der Waals surface area contributed by atoms with Crippen molar-refractivity contribution in [2.75, 3.05) is 33.5 Å². The number of unbranched alkanes of at least 4 members (excludes halogenated alkanes) is 1. The summed E-state index contributed by atoms with van der Waals surface area (Å²) >= 11 is 0. The van der Waals surface area contributed by atoms with Crippen LogP contribution in [0.4, 0.5) is 0 Å². The molecule has 1 saturated carbocycles. The summed E-state index contributed by atoms with van der Waals surface area (Å²) in [4.78, 5) is 0. The fourth-order valence-corrected chi connectivity index (χ4v) is 2.73. The molecule has 0 radical (unpaired) electrons. The third kappa shape index (κ3) is 4.57. The molecule has 3 nitrogen and oxygen atoms in total. The predicted octanol–water partition coefficient (Wildman–Crippen LogP) is 2.35. The van der Waals surface area contributed by atoms with Crippen molar-refractivity contribution in [3.05, 3.63) is 0 Å². The summed E-state index contributed by atoms with van der Waals surface area (Å²) in [6.45, 7) is 3.97. The lowest BCUT2D eigenvalue weighted by Gasteiger charge is -2.37. The molecular weight excluding hydrogens is 214 g/mol. The molecule has 1 heterocycles. The summed E-state index contributed by atoms with van der Waals surface area (Å²) in [5.41, 5.74) is 0.411. The Morgan fingerprint density at radius 3 is 2.88 bits per heavy atom. The lowest BCUT2D eigenvalue weighted by Crippen LogP contribution is -2.41. The summed E-state index contributed by atoms with van der Waals surface area (Å²) in [7, 11) is 1.79. The molecule has 2 fully saturated rings. The average molecular weight is 241 g/mol. The van der Waals surface area contributed by atoms with E-state index in [-0.39, 0.29) is 0 Å². The van der Waals surface area contributed by atoms with Crippen molar-refractivity contribution in [1.29, 1.82) is 0 Å². The molecule has 2 rings (SSSR count). The van der Waals surface area contributed by atoms with Crippen LogP contribution in [0.2, 0.25) is 0 Å². The summed E-state index contributed by atoms with van der Waals surface area (Å²) < 4.78 is 10.8. The molecule has 0 aromatic heterocycles. The molecule has 0 spiro atoms. The average Bonchev–Trinajstić information content (AvgIpc) is 3.18. The number of methoxy groups -OCH3 is 1. The second-order valence-corrected chi connectivity index (χ2v) is 5.76. The van der Waals surface area contributed by atoms with Crippen LogP contribution in [0.15, 0.2) is 0 Å². The van der Waals surface area contributed by atoms with E-state index in [1.54, 1.807) is 7.11 Å². The smallest absolute Gasteiger partial charge is 0.0534 e. The van der Waals surface area contributed by atoms with Crippen molar-refractivity contribution in [3.63, 3.8) is 0 Å². The number of rotatable bonds is 8. The minimum atomic E-state index is 0.411. The van der Waals surface area contributed by atoms with E-state index in [1.807, 2.05) is 0 Å². The van der Waals surface area contributed by atoms with Crippen LogP contribution in [0, 0.1) is 5.41 Å². The van der Waals surface area contributed by atoms with Gasteiger partial charge in [-0.15, -0.1) is 0 Å². The SMILES string of the molecule is COCCCCC1(CNC2CC2)CCCOC1. The van der Waals surface area contributed by atoms with Crippen LogP contribution in [0.1, 0.15) is 44.9 Å². The van der Waals surface area contributed by atoms with Crippen LogP contribution in [0.5, 0.6) is 0 Å². The lowest BCUT2D eigenvalue weighted by atomic mass is 9.78. The molecule has 0 amide bonds. The Labute approximate surface area is 105 Å². The van der Waals surface area contributed by atoms with Crippen molar-refractivity contribution in [1.82, 2.24) is 5.32 Å².